The van der Waals surface area contributed by atoms with Gasteiger partial charge in [-0.1, -0.05) is 19.8 Å². The van der Waals surface area contributed by atoms with Crippen molar-refractivity contribution in [1.29, 1.82) is 0 Å². The van der Waals surface area contributed by atoms with Gasteiger partial charge in [0.2, 0.25) is 0 Å². The lowest BCUT2D eigenvalue weighted by molar-refractivity contribution is 0.0927. The summed E-state index contributed by atoms with van der Waals surface area (Å²) in [6.45, 7) is 6.54. The van der Waals surface area contributed by atoms with E-state index in [2.05, 4.69) is 19.2 Å². The number of nitrogens with one attached hydrogen (secondary N) is 1. The SMILES string of the molecule is CCCCC(C)NCCOCCO. The van der Waals surface area contributed by atoms with Crippen LogP contribution in [0.5, 0.6) is 0 Å². The largest absolute Gasteiger partial charge is 0.394 e. The molecule has 1 unspecified atom stereocenters. The monoisotopic (exact) mass is 189 g/mol. The molecule has 0 saturated carbocycles. The van der Waals surface area contributed by atoms with Gasteiger partial charge in [-0.3, -0.25) is 0 Å². The highest BCUT2D eigenvalue weighted by molar-refractivity contribution is 4.59. The zero-order valence-corrected chi connectivity index (χ0v) is 8.88. The molecule has 0 amide bonds. The van der Waals surface area contributed by atoms with Gasteiger partial charge in [-0.2, -0.15) is 0 Å². The quantitative estimate of drug-likeness (QED) is 0.535. The van der Waals surface area contributed by atoms with Gasteiger partial charge in [0.1, 0.15) is 0 Å². The lowest BCUT2D eigenvalue weighted by Crippen LogP contribution is -2.29. The number of ether oxygens (including phenoxy) is 1. The third-order valence-corrected chi connectivity index (χ3v) is 1.97. The Hall–Kier alpha value is -0.120. The summed E-state index contributed by atoms with van der Waals surface area (Å²) < 4.78 is 5.13. The molecule has 2 N–H and O–H groups in total. The minimum absolute atomic E-state index is 0.116. The van der Waals surface area contributed by atoms with Crippen LogP contribution in [-0.4, -0.2) is 37.5 Å². The van der Waals surface area contributed by atoms with Crippen LogP contribution in [0, 0.1) is 0 Å². The number of hydrogen-bond acceptors (Lipinski definition) is 3. The highest BCUT2D eigenvalue weighted by Crippen LogP contribution is 1.98. The zero-order valence-electron chi connectivity index (χ0n) is 8.88. The van der Waals surface area contributed by atoms with Crippen molar-refractivity contribution in [1.82, 2.24) is 5.32 Å². The second-order valence-corrected chi connectivity index (χ2v) is 3.33. The van der Waals surface area contributed by atoms with Gasteiger partial charge in [0.05, 0.1) is 19.8 Å². The third kappa shape index (κ3) is 9.80. The van der Waals surface area contributed by atoms with Crippen molar-refractivity contribution in [2.24, 2.45) is 0 Å². The van der Waals surface area contributed by atoms with E-state index in [9.17, 15) is 0 Å². The van der Waals surface area contributed by atoms with Crippen molar-refractivity contribution < 1.29 is 9.84 Å². The fourth-order valence-electron chi connectivity index (χ4n) is 1.16. The topological polar surface area (TPSA) is 41.5 Å². The smallest absolute Gasteiger partial charge is 0.0698 e. The Morgan fingerprint density at radius 2 is 2.15 bits per heavy atom. The molecular weight excluding hydrogens is 166 g/mol. The first-order valence-corrected chi connectivity index (χ1v) is 5.23. The summed E-state index contributed by atoms with van der Waals surface area (Å²) in [6.07, 6.45) is 3.77. The zero-order chi connectivity index (χ0) is 9.94. The maximum absolute atomic E-state index is 8.45. The summed E-state index contributed by atoms with van der Waals surface area (Å²) in [4.78, 5) is 0. The Morgan fingerprint density at radius 3 is 2.77 bits per heavy atom. The molecule has 13 heavy (non-hydrogen) atoms. The third-order valence-electron chi connectivity index (χ3n) is 1.97. The highest BCUT2D eigenvalue weighted by Gasteiger charge is 1.98. The van der Waals surface area contributed by atoms with Gasteiger partial charge in [0, 0.05) is 12.6 Å². The van der Waals surface area contributed by atoms with Crippen molar-refractivity contribution in [3.63, 3.8) is 0 Å². The first-order chi connectivity index (χ1) is 6.31. The molecule has 0 aromatic rings. The molecule has 0 aromatic heterocycles. The van der Waals surface area contributed by atoms with E-state index in [-0.39, 0.29) is 6.61 Å². The fraction of sp³-hybridized carbons (Fsp3) is 1.00. The average molecular weight is 189 g/mol. The van der Waals surface area contributed by atoms with Gasteiger partial charge in [0.25, 0.3) is 0 Å². The van der Waals surface area contributed by atoms with E-state index in [0.717, 1.165) is 6.54 Å². The molecule has 0 rings (SSSR count). The normalized spacial score (nSPS) is 13.2. The molecule has 0 aliphatic heterocycles. The number of rotatable bonds is 9. The van der Waals surface area contributed by atoms with Crippen LogP contribution in [0.15, 0.2) is 0 Å². The number of aliphatic hydroxyl groups excluding tert-OH is 1. The Balaban J connectivity index is 3.03. The molecule has 0 radical (unpaired) electrons. The Bertz CT molecular complexity index is 98.9. The van der Waals surface area contributed by atoms with Crippen LogP contribution >= 0.6 is 0 Å². The molecule has 0 heterocycles. The molecule has 0 fully saturated rings. The minimum Gasteiger partial charge on any atom is -0.394 e. The van der Waals surface area contributed by atoms with Crippen LogP contribution in [0.4, 0.5) is 0 Å². The Morgan fingerprint density at radius 1 is 1.38 bits per heavy atom. The van der Waals surface area contributed by atoms with Gasteiger partial charge in [-0.25, -0.2) is 0 Å². The second kappa shape index (κ2) is 9.96. The molecule has 1 atom stereocenters. The number of unbranched alkanes of at least 4 members (excludes halogenated alkanes) is 1. The minimum atomic E-state index is 0.116. The molecular formula is C10H23NO2. The van der Waals surface area contributed by atoms with Crippen LogP contribution in [0.25, 0.3) is 0 Å². The first kappa shape index (κ1) is 12.9. The summed E-state index contributed by atoms with van der Waals surface area (Å²) in [7, 11) is 0. The van der Waals surface area contributed by atoms with Crippen LogP contribution in [0.3, 0.4) is 0 Å². The van der Waals surface area contributed by atoms with Crippen LogP contribution in [0.1, 0.15) is 33.1 Å². The number of hydrogen-bond donors (Lipinski definition) is 2. The number of aliphatic hydroxyl groups is 1. The highest BCUT2D eigenvalue weighted by atomic mass is 16.5. The molecule has 3 nitrogen and oxygen atoms in total. The lowest BCUT2D eigenvalue weighted by Gasteiger charge is -2.12. The van der Waals surface area contributed by atoms with Crippen molar-refractivity contribution in [3.8, 4) is 0 Å². The first-order valence-electron chi connectivity index (χ1n) is 5.23. The van der Waals surface area contributed by atoms with E-state index in [1.807, 2.05) is 0 Å². The summed E-state index contributed by atoms with van der Waals surface area (Å²) in [5.74, 6) is 0. The summed E-state index contributed by atoms with van der Waals surface area (Å²) in [6, 6.07) is 0.581. The Labute approximate surface area is 81.5 Å². The van der Waals surface area contributed by atoms with Crippen molar-refractivity contribution in [2.75, 3.05) is 26.4 Å². The molecule has 0 spiro atoms. The van der Waals surface area contributed by atoms with Gasteiger partial charge >= 0.3 is 0 Å². The van der Waals surface area contributed by atoms with Gasteiger partial charge < -0.3 is 15.2 Å². The standard InChI is InChI=1S/C10H23NO2/c1-3-4-5-10(2)11-6-8-13-9-7-12/h10-12H,3-9H2,1-2H3. The summed E-state index contributed by atoms with van der Waals surface area (Å²) >= 11 is 0. The molecule has 0 aliphatic carbocycles. The van der Waals surface area contributed by atoms with Gasteiger partial charge in [-0.15, -0.1) is 0 Å². The van der Waals surface area contributed by atoms with E-state index in [4.69, 9.17) is 9.84 Å². The summed E-state index contributed by atoms with van der Waals surface area (Å²) in [5.41, 5.74) is 0. The van der Waals surface area contributed by atoms with E-state index < -0.39 is 0 Å². The Kier molecular flexibility index (Phi) is 9.87. The second-order valence-electron chi connectivity index (χ2n) is 3.33. The van der Waals surface area contributed by atoms with Crippen LogP contribution in [-0.2, 0) is 4.74 Å². The van der Waals surface area contributed by atoms with Gasteiger partial charge in [-0.05, 0) is 13.3 Å². The maximum atomic E-state index is 8.45. The van der Waals surface area contributed by atoms with Crippen molar-refractivity contribution in [3.05, 3.63) is 0 Å². The predicted octanol–water partition coefficient (Wildman–Crippen LogP) is 1.16. The molecule has 80 valence electrons. The molecule has 3 heteroatoms. The van der Waals surface area contributed by atoms with Crippen molar-refractivity contribution in [2.45, 2.75) is 39.2 Å². The lowest BCUT2D eigenvalue weighted by atomic mass is 10.1. The van der Waals surface area contributed by atoms with Crippen molar-refractivity contribution >= 4 is 0 Å². The predicted molar refractivity (Wildman–Crippen MR) is 54.9 cm³/mol. The van der Waals surface area contributed by atoms with E-state index in [1.165, 1.54) is 19.3 Å². The average Bonchev–Trinajstić information content (AvgIpc) is 2.14. The van der Waals surface area contributed by atoms with Crippen LogP contribution < -0.4 is 5.32 Å². The van der Waals surface area contributed by atoms with E-state index in [0.29, 0.717) is 19.3 Å². The van der Waals surface area contributed by atoms with E-state index >= 15 is 0 Å². The maximum Gasteiger partial charge on any atom is 0.0698 e. The molecule has 0 aromatic carbocycles. The van der Waals surface area contributed by atoms with Crippen LogP contribution in [0.2, 0.25) is 0 Å². The van der Waals surface area contributed by atoms with Gasteiger partial charge in [0.15, 0.2) is 0 Å². The van der Waals surface area contributed by atoms with E-state index in [1.54, 1.807) is 0 Å². The molecule has 0 bridgehead atoms. The summed E-state index contributed by atoms with van der Waals surface area (Å²) in [5, 5.41) is 11.8. The fourth-order valence-corrected chi connectivity index (χ4v) is 1.16. The molecule has 0 aliphatic rings. The molecule has 0 saturated heterocycles.